The second-order valence-corrected chi connectivity index (χ2v) is 7.03. The summed E-state index contributed by atoms with van der Waals surface area (Å²) in [6.07, 6.45) is 11.8. The Labute approximate surface area is 162 Å². The third-order valence-electron chi connectivity index (χ3n) is 5.29. The van der Waals surface area contributed by atoms with Gasteiger partial charge in [0.1, 0.15) is 0 Å². The maximum absolute atomic E-state index is 9.05. The van der Waals surface area contributed by atoms with Crippen LogP contribution in [0.1, 0.15) is 24.4 Å². The molecule has 4 aromatic rings. The Bertz CT molecular complexity index is 1160. The molecule has 7 heteroatoms. The van der Waals surface area contributed by atoms with E-state index in [4.69, 9.17) is 5.26 Å². The summed E-state index contributed by atoms with van der Waals surface area (Å²) in [5, 5.41) is 18.0. The zero-order valence-corrected chi connectivity index (χ0v) is 15.3. The quantitative estimate of drug-likeness (QED) is 0.600. The maximum atomic E-state index is 9.05. The normalized spacial score (nSPS) is 15.0. The number of hydrogen-bond acceptors (Lipinski definition) is 5. The summed E-state index contributed by atoms with van der Waals surface area (Å²) in [7, 11) is 0. The van der Waals surface area contributed by atoms with E-state index in [-0.39, 0.29) is 0 Å². The molecule has 28 heavy (non-hydrogen) atoms. The lowest BCUT2D eigenvalue weighted by atomic mass is 10.1. The summed E-state index contributed by atoms with van der Waals surface area (Å²) in [6, 6.07) is 10.2. The largest absolute Gasteiger partial charge is 0.317 e. The van der Waals surface area contributed by atoms with E-state index in [1.165, 1.54) is 0 Å². The van der Waals surface area contributed by atoms with Gasteiger partial charge in [-0.25, -0.2) is 9.97 Å². The predicted octanol–water partition coefficient (Wildman–Crippen LogP) is 3.08. The van der Waals surface area contributed by atoms with Gasteiger partial charge in [-0.3, -0.25) is 9.25 Å². The SMILES string of the molecule is N#Cc1ccc2c(ccn2-c2ncc(-c3cnn(C4CCNCC4)c3)cn2)c1. The van der Waals surface area contributed by atoms with Crippen LogP contribution in [0.4, 0.5) is 0 Å². The van der Waals surface area contributed by atoms with Gasteiger partial charge in [-0.15, -0.1) is 0 Å². The number of hydrogen-bond donors (Lipinski definition) is 1. The molecule has 1 fully saturated rings. The smallest absolute Gasteiger partial charge is 0.234 e. The molecule has 5 rings (SSSR count). The van der Waals surface area contributed by atoms with Gasteiger partial charge in [0.25, 0.3) is 0 Å². The predicted molar refractivity (Wildman–Crippen MR) is 106 cm³/mol. The van der Waals surface area contributed by atoms with Gasteiger partial charge in [0.05, 0.1) is 29.4 Å². The van der Waals surface area contributed by atoms with E-state index < -0.39 is 0 Å². The molecule has 3 aromatic heterocycles. The molecule has 4 heterocycles. The first-order chi connectivity index (χ1) is 13.8. The van der Waals surface area contributed by atoms with E-state index in [1.54, 1.807) is 0 Å². The van der Waals surface area contributed by atoms with Crippen LogP contribution in [0.5, 0.6) is 0 Å². The lowest BCUT2D eigenvalue weighted by molar-refractivity contribution is 0.343. The van der Waals surface area contributed by atoms with Crippen molar-refractivity contribution in [2.24, 2.45) is 0 Å². The van der Waals surface area contributed by atoms with Gasteiger partial charge < -0.3 is 5.32 Å². The summed E-state index contributed by atoms with van der Waals surface area (Å²) in [4.78, 5) is 9.10. The maximum Gasteiger partial charge on any atom is 0.234 e. The Morgan fingerprint density at radius 2 is 1.86 bits per heavy atom. The second kappa shape index (κ2) is 6.91. The Morgan fingerprint density at radius 1 is 1.04 bits per heavy atom. The molecule has 1 aliphatic heterocycles. The van der Waals surface area contributed by atoms with Crippen molar-refractivity contribution in [1.29, 1.82) is 5.26 Å². The number of nitriles is 1. The van der Waals surface area contributed by atoms with Crippen molar-refractivity contribution in [3.05, 3.63) is 60.8 Å². The van der Waals surface area contributed by atoms with E-state index in [1.807, 2.05) is 53.6 Å². The standard InChI is InChI=1S/C21H19N7/c22-10-15-1-2-20-16(9-15)5-8-27(20)21-24-11-17(12-25-21)18-13-26-28(14-18)19-3-6-23-7-4-19/h1-2,5,8-9,11-14,19,23H,3-4,6-7H2. The summed E-state index contributed by atoms with van der Waals surface area (Å²) >= 11 is 0. The highest BCUT2D eigenvalue weighted by Crippen LogP contribution is 2.24. The van der Waals surface area contributed by atoms with Gasteiger partial charge in [-0.05, 0) is 50.2 Å². The van der Waals surface area contributed by atoms with Crippen LogP contribution in [0, 0.1) is 11.3 Å². The topological polar surface area (TPSA) is 84.3 Å². The fourth-order valence-electron chi connectivity index (χ4n) is 3.74. The molecular weight excluding hydrogens is 350 g/mol. The fourth-order valence-corrected chi connectivity index (χ4v) is 3.74. The van der Waals surface area contributed by atoms with Crippen LogP contribution in [0.25, 0.3) is 28.0 Å². The number of benzene rings is 1. The number of nitrogens with zero attached hydrogens (tertiary/aromatic N) is 6. The Kier molecular flexibility index (Phi) is 4.11. The minimum Gasteiger partial charge on any atom is -0.317 e. The second-order valence-electron chi connectivity index (χ2n) is 7.03. The molecule has 0 amide bonds. The molecule has 1 aliphatic rings. The van der Waals surface area contributed by atoms with Gasteiger partial charge in [0, 0.05) is 41.3 Å². The zero-order valence-electron chi connectivity index (χ0n) is 15.3. The molecular formula is C21H19N7. The molecule has 1 N–H and O–H groups in total. The first-order valence-corrected chi connectivity index (χ1v) is 9.41. The zero-order chi connectivity index (χ0) is 18.9. The molecule has 7 nitrogen and oxygen atoms in total. The number of fused-ring (bicyclic) bond motifs is 1. The third-order valence-corrected chi connectivity index (χ3v) is 5.29. The molecule has 0 radical (unpaired) electrons. The van der Waals surface area contributed by atoms with Gasteiger partial charge in [0.15, 0.2) is 0 Å². The average molecular weight is 369 g/mol. The Balaban J connectivity index is 1.42. The van der Waals surface area contributed by atoms with Crippen molar-refractivity contribution in [2.75, 3.05) is 13.1 Å². The number of aromatic nitrogens is 5. The van der Waals surface area contributed by atoms with Crippen LogP contribution in [0.2, 0.25) is 0 Å². The third kappa shape index (κ3) is 2.94. The van der Waals surface area contributed by atoms with Gasteiger partial charge in [-0.1, -0.05) is 0 Å². The number of rotatable bonds is 3. The number of nitrogens with one attached hydrogen (secondary N) is 1. The molecule has 0 aliphatic carbocycles. The van der Waals surface area contributed by atoms with Crippen molar-refractivity contribution < 1.29 is 0 Å². The highest BCUT2D eigenvalue weighted by Gasteiger charge is 2.16. The molecule has 0 bridgehead atoms. The van der Waals surface area contributed by atoms with Crippen LogP contribution in [-0.2, 0) is 0 Å². The van der Waals surface area contributed by atoms with Crippen molar-refractivity contribution in [3.8, 4) is 23.1 Å². The van der Waals surface area contributed by atoms with E-state index in [9.17, 15) is 0 Å². The molecule has 138 valence electrons. The van der Waals surface area contributed by atoms with Crippen molar-refractivity contribution in [2.45, 2.75) is 18.9 Å². The lowest BCUT2D eigenvalue weighted by Gasteiger charge is -2.22. The molecule has 0 unspecified atom stereocenters. The summed E-state index contributed by atoms with van der Waals surface area (Å²) in [6.45, 7) is 2.08. The highest BCUT2D eigenvalue weighted by atomic mass is 15.3. The van der Waals surface area contributed by atoms with E-state index >= 15 is 0 Å². The van der Waals surface area contributed by atoms with Crippen LogP contribution in [0.3, 0.4) is 0 Å². The van der Waals surface area contributed by atoms with Gasteiger partial charge >= 0.3 is 0 Å². The molecule has 1 aromatic carbocycles. The fraction of sp³-hybridized carbons (Fsp3) is 0.238. The first kappa shape index (κ1) is 16.7. The summed E-state index contributed by atoms with van der Waals surface area (Å²) in [5.74, 6) is 0.606. The van der Waals surface area contributed by atoms with E-state index in [2.05, 4.69) is 37.3 Å². The average Bonchev–Trinajstić information content (AvgIpc) is 3.41. The van der Waals surface area contributed by atoms with Crippen LogP contribution >= 0.6 is 0 Å². The van der Waals surface area contributed by atoms with E-state index in [0.29, 0.717) is 17.6 Å². The van der Waals surface area contributed by atoms with E-state index in [0.717, 1.165) is 48.0 Å². The molecule has 0 atom stereocenters. The van der Waals surface area contributed by atoms with Crippen LogP contribution in [-0.4, -0.2) is 37.4 Å². The molecule has 1 saturated heterocycles. The van der Waals surface area contributed by atoms with Crippen molar-refractivity contribution in [1.82, 2.24) is 29.6 Å². The van der Waals surface area contributed by atoms with Gasteiger partial charge in [-0.2, -0.15) is 10.4 Å². The van der Waals surface area contributed by atoms with Crippen molar-refractivity contribution in [3.63, 3.8) is 0 Å². The van der Waals surface area contributed by atoms with Crippen LogP contribution in [0.15, 0.2) is 55.2 Å². The van der Waals surface area contributed by atoms with Crippen LogP contribution < -0.4 is 5.32 Å². The molecule has 0 spiro atoms. The monoisotopic (exact) mass is 369 g/mol. The first-order valence-electron chi connectivity index (χ1n) is 9.41. The number of piperidine rings is 1. The van der Waals surface area contributed by atoms with Gasteiger partial charge in [0.2, 0.25) is 5.95 Å². The van der Waals surface area contributed by atoms with Crippen molar-refractivity contribution >= 4 is 10.9 Å². The minimum atomic E-state index is 0.458. The minimum absolute atomic E-state index is 0.458. The lowest BCUT2D eigenvalue weighted by Crippen LogP contribution is -2.29. The summed E-state index contributed by atoms with van der Waals surface area (Å²) < 4.78 is 4.00. The summed E-state index contributed by atoms with van der Waals surface area (Å²) in [5.41, 5.74) is 3.60. The Morgan fingerprint density at radius 3 is 2.64 bits per heavy atom. The highest BCUT2D eigenvalue weighted by molar-refractivity contribution is 5.82. The molecule has 0 saturated carbocycles. The Hall–Kier alpha value is -3.50.